The smallest absolute Gasteiger partial charge is 0.260 e. The number of ether oxygens (including phenoxy) is 2. The maximum absolute atomic E-state index is 13.4. The number of piperazine rings is 1. The van der Waals surface area contributed by atoms with E-state index in [0.717, 1.165) is 22.3 Å². The van der Waals surface area contributed by atoms with Gasteiger partial charge in [0.15, 0.2) is 18.1 Å². The van der Waals surface area contributed by atoms with Crippen molar-refractivity contribution in [1.29, 1.82) is 0 Å². The van der Waals surface area contributed by atoms with Crippen LogP contribution in [0.15, 0.2) is 35.2 Å². The number of rotatable bonds is 7. The van der Waals surface area contributed by atoms with Gasteiger partial charge in [-0.25, -0.2) is 8.42 Å². The molecule has 0 atom stereocenters. The lowest BCUT2D eigenvalue weighted by atomic mass is 10.0. The first kappa shape index (κ1) is 24.1. The predicted octanol–water partition coefficient (Wildman–Crippen LogP) is 3.23. The molecule has 8 heteroatoms. The number of carbonyl (C=O) groups is 1. The van der Waals surface area contributed by atoms with Gasteiger partial charge in [0.05, 0.1) is 11.5 Å². The first-order valence-corrected chi connectivity index (χ1v) is 12.3. The molecule has 2 aromatic carbocycles. The van der Waals surface area contributed by atoms with Crippen molar-refractivity contribution in [2.24, 2.45) is 0 Å². The van der Waals surface area contributed by atoms with Gasteiger partial charge in [0, 0.05) is 26.2 Å². The summed E-state index contributed by atoms with van der Waals surface area (Å²) >= 11 is 0. The molecular formula is C24H32N2O5S. The Morgan fingerprint density at radius 3 is 1.97 bits per heavy atom. The minimum absolute atomic E-state index is 0.119. The Morgan fingerprint density at radius 2 is 1.44 bits per heavy atom. The minimum atomic E-state index is -3.64. The summed E-state index contributed by atoms with van der Waals surface area (Å²) < 4.78 is 39.5. The molecule has 7 nitrogen and oxygen atoms in total. The fourth-order valence-electron chi connectivity index (χ4n) is 3.95. The number of hydrogen-bond acceptors (Lipinski definition) is 5. The Labute approximate surface area is 191 Å². The molecule has 0 N–H and O–H groups in total. The van der Waals surface area contributed by atoms with Crippen LogP contribution in [0.2, 0.25) is 0 Å². The Hall–Kier alpha value is -2.58. The number of carbonyl (C=O) groups excluding carboxylic acids is 1. The lowest BCUT2D eigenvalue weighted by Crippen LogP contribution is -2.51. The third-order valence-electron chi connectivity index (χ3n) is 5.99. The van der Waals surface area contributed by atoms with Crippen LogP contribution in [0.5, 0.6) is 11.5 Å². The molecule has 0 spiro atoms. The van der Waals surface area contributed by atoms with E-state index in [4.69, 9.17) is 9.47 Å². The van der Waals surface area contributed by atoms with Crippen LogP contribution >= 0.6 is 0 Å². The molecule has 0 saturated carbocycles. The molecule has 0 unspecified atom stereocenters. The summed E-state index contributed by atoms with van der Waals surface area (Å²) in [6.07, 6.45) is 0. The lowest BCUT2D eigenvalue weighted by Gasteiger charge is -2.34. The zero-order chi connectivity index (χ0) is 23.5. The Kier molecular flexibility index (Phi) is 7.46. The van der Waals surface area contributed by atoms with Crippen molar-refractivity contribution in [1.82, 2.24) is 9.21 Å². The minimum Gasteiger partial charge on any atom is -0.490 e. The Morgan fingerprint density at radius 1 is 0.906 bits per heavy atom. The van der Waals surface area contributed by atoms with Gasteiger partial charge < -0.3 is 14.4 Å². The average molecular weight is 461 g/mol. The highest BCUT2D eigenvalue weighted by Gasteiger charge is 2.33. The summed E-state index contributed by atoms with van der Waals surface area (Å²) in [5, 5.41) is 0. The van der Waals surface area contributed by atoms with Crippen molar-refractivity contribution in [3.8, 4) is 11.5 Å². The van der Waals surface area contributed by atoms with Crippen molar-refractivity contribution in [2.45, 2.75) is 39.5 Å². The van der Waals surface area contributed by atoms with E-state index in [1.165, 1.54) is 4.31 Å². The molecule has 32 heavy (non-hydrogen) atoms. The average Bonchev–Trinajstić information content (AvgIpc) is 2.77. The lowest BCUT2D eigenvalue weighted by molar-refractivity contribution is -0.134. The van der Waals surface area contributed by atoms with Gasteiger partial charge in [-0.1, -0.05) is 18.2 Å². The van der Waals surface area contributed by atoms with E-state index in [2.05, 4.69) is 0 Å². The second-order valence-electron chi connectivity index (χ2n) is 8.04. The van der Waals surface area contributed by atoms with E-state index in [1.807, 2.05) is 52.8 Å². The Bertz CT molecular complexity index is 1060. The van der Waals surface area contributed by atoms with Gasteiger partial charge in [-0.2, -0.15) is 4.31 Å². The van der Waals surface area contributed by atoms with E-state index >= 15 is 0 Å². The van der Waals surface area contributed by atoms with Crippen LogP contribution in [-0.2, 0) is 14.8 Å². The van der Waals surface area contributed by atoms with E-state index in [1.54, 1.807) is 17.0 Å². The van der Waals surface area contributed by atoms with E-state index in [0.29, 0.717) is 36.1 Å². The molecule has 1 amide bonds. The molecule has 0 radical (unpaired) electrons. The standard InChI is InChI=1S/C24H32N2O5S/c1-6-30-21-9-7-8-10-22(21)31-16-23(27)25-11-13-26(14-12-25)32(28,29)24-19(4)17(2)15-18(3)20(24)5/h7-10,15H,6,11-14,16H2,1-5H3. The van der Waals surface area contributed by atoms with Crippen LogP contribution in [0.3, 0.4) is 0 Å². The summed E-state index contributed by atoms with van der Waals surface area (Å²) in [7, 11) is -3.64. The SMILES string of the molecule is CCOc1ccccc1OCC(=O)N1CCN(S(=O)(=O)c2c(C)c(C)cc(C)c2C)CC1. The summed E-state index contributed by atoms with van der Waals surface area (Å²) in [5.74, 6) is 0.940. The number of amides is 1. The fraction of sp³-hybridized carbons (Fsp3) is 0.458. The zero-order valence-corrected chi connectivity index (χ0v) is 20.3. The number of benzene rings is 2. The zero-order valence-electron chi connectivity index (χ0n) is 19.5. The molecule has 1 saturated heterocycles. The normalized spacial score (nSPS) is 15.0. The topological polar surface area (TPSA) is 76.2 Å². The van der Waals surface area contributed by atoms with Crippen molar-refractivity contribution >= 4 is 15.9 Å². The quantitative estimate of drug-likeness (QED) is 0.634. The van der Waals surface area contributed by atoms with Gasteiger partial charge in [-0.05, 0) is 69.0 Å². The molecule has 174 valence electrons. The molecule has 2 aromatic rings. The highest BCUT2D eigenvalue weighted by atomic mass is 32.2. The molecule has 1 aliphatic heterocycles. The van der Waals surface area contributed by atoms with Gasteiger partial charge in [-0.3, -0.25) is 4.79 Å². The molecule has 1 fully saturated rings. The van der Waals surface area contributed by atoms with Crippen LogP contribution in [0.1, 0.15) is 29.2 Å². The largest absolute Gasteiger partial charge is 0.490 e. The fourth-order valence-corrected chi connectivity index (χ4v) is 5.95. The molecule has 3 rings (SSSR count). The summed E-state index contributed by atoms with van der Waals surface area (Å²) in [6, 6.07) is 9.24. The molecule has 0 aliphatic carbocycles. The number of aryl methyl sites for hydroxylation is 2. The van der Waals surface area contributed by atoms with E-state index in [-0.39, 0.29) is 25.6 Å². The third kappa shape index (κ3) is 4.91. The first-order valence-electron chi connectivity index (χ1n) is 10.9. The molecule has 1 heterocycles. The molecule has 0 bridgehead atoms. The number of hydrogen-bond donors (Lipinski definition) is 0. The van der Waals surface area contributed by atoms with Crippen LogP contribution in [0, 0.1) is 27.7 Å². The summed E-state index contributed by atoms with van der Waals surface area (Å²) in [5.41, 5.74) is 3.50. The van der Waals surface area contributed by atoms with E-state index in [9.17, 15) is 13.2 Å². The van der Waals surface area contributed by atoms with Gasteiger partial charge in [0.25, 0.3) is 5.91 Å². The third-order valence-corrected chi connectivity index (χ3v) is 8.16. The van der Waals surface area contributed by atoms with Gasteiger partial charge >= 0.3 is 0 Å². The Balaban J connectivity index is 1.65. The summed E-state index contributed by atoms with van der Waals surface area (Å²) in [4.78, 5) is 14.7. The first-order chi connectivity index (χ1) is 15.2. The van der Waals surface area contributed by atoms with Gasteiger partial charge in [0.1, 0.15) is 0 Å². The number of para-hydroxylation sites is 2. The maximum atomic E-state index is 13.4. The maximum Gasteiger partial charge on any atom is 0.260 e. The number of sulfonamides is 1. The van der Waals surface area contributed by atoms with Gasteiger partial charge in [0.2, 0.25) is 10.0 Å². The highest BCUT2D eigenvalue weighted by molar-refractivity contribution is 7.89. The van der Waals surface area contributed by atoms with Crippen LogP contribution in [0.25, 0.3) is 0 Å². The van der Waals surface area contributed by atoms with Crippen molar-refractivity contribution in [3.05, 3.63) is 52.6 Å². The van der Waals surface area contributed by atoms with Crippen LogP contribution in [-0.4, -0.2) is 62.9 Å². The predicted molar refractivity (Wildman–Crippen MR) is 124 cm³/mol. The van der Waals surface area contributed by atoms with Crippen molar-refractivity contribution in [2.75, 3.05) is 39.4 Å². The van der Waals surface area contributed by atoms with Crippen LogP contribution in [0.4, 0.5) is 0 Å². The van der Waals surface area contributed by atoms with Crippen LogP contribution < -0.4 is 9.47 Å². The highest BCUT2D eigenvalue weighted by Crippen LogP contribution is 2.29. The van der Waals surface area contributed by atoms with Crippen molar-refractivity contribution in [3.63, 3.8) is 0 Å². The summed E-state index contributed by atoms with van der Waals surface area (Å²) in [6.45, 7) is 11.0. The second-order valence-corrected chi connectivity index (χ2v) is 9.92. The number of nitrogens with zero attached hydrogens (tertiary/aromatic N) is 2. The molecule has 0 aromatic heterocycles. The second kappa shape index (κ2) is 9.92. The van der Waals surface area contributed by atoms with Crippen molar-refractivity contribution < 1.29 is 22.7 Å². The molecule has 1 aliphatic rings. The van der Waals surface area contributed by atoms with E-state index < -0.39 is 10.0 Å². The molecular weight excluding hydrogens is 428 g/mol. The van der Waals surface area contributed by atoms with Gasteiger partial charge in [-0.15, -0.1) is 0 Å². The monoisotopic (exact) mass is 460 g/mol.